The summed E-state index contributed by atoms with van der Waals surface area (Å²) in [6.45, 7) is 3.86. The third kappa shape index (κ3) is 5.08. The first-order valence-electron chi connectivity index (χ1n) is 8.02. The van der Waals surface area contributed by atoms with E-state index in [9.17, 15) is 4.79 Å². The highest BCUT2D eigenvalue weighted by atomic mass is 16.6. The Balaban J connectivity index is 2.14. The van der Waals surface area contributed by atoms with Crippen LogP contribution in [0.15, 0.2) is 59.5 Å². The number of ether oxygens (including phenoxy) is 2. The third-order valence-corrected chi connectivity index (χ3v) is 3.93. The number of rotatable bonds is 6. The summed E-state index contributed by atoms with van der Waals surface area (Å²) in [6.07, 6.45) is 9.72. The van der Waals surface area contributed by atoms with Crippen molar-refractivity contribution < 1.29 is 19.1 Å². The minimum atomic E-state index is -0.246. The quantitative estimate of drug-likeness (QED) is 0.340. The van der Waals surface area contributed by atoms with Crippen LogP contribution in [0, 0.1) is 12.8 Å². The molecule has 0 aromatic heterocycles. The zero-order valence-electron chi connectivity index (χ0n) is 15.0. The summed E-state index contributed by atoms with van der Waals surface area (Å²) < 4.78 is 10.6. The van der Waals surface area contributed by atoms with Crippen molar-refractivity contribution >= 4 is 11.7 Å². The van der Waals surface area contributed by atoms with Crippen molar-refractivity contribution in [1.82, 2.24) is 0 Å². The van der Waals surface area contributed by atoms with Crippen molar-refractivity contribution in [2.75, 3.05) is 14.2 Å². The Morgan fingerprint density at radius 2 is 2.08 bits per heavy atom. The number of benzene rings is 1. The molecule has 0 amide bonds. The summed E-state index contributed by atoms with van der Waals surface area (Å²) in [5.41, 5.74) is 3.69. The Hall–Kier alpha value is -2.82. The lowest BCUT2D eigenvalue weighted by Crippen LogP contribution is -2.11. The van der Waals surface area contributed by atoms with E-state index in [1.54, 1.807) is 6.26 Å². The Labute approximate surface area is 148 Å². The molecule has 1 atom stereocenters. The molecule has 25 heavy (non-hydrogen) atoms. The monoisotopic (exact) mass is 341 g/mol. The lowest BCUT2D eigenvalue weighted by molar-refractivity contribution is -0.141. The molecule has 2 rings (SSSR count). The first-order valence-corrected chi connectivity index (χ1v) is 8.02. The molecule has 0 aliphatic heterocycles. The number of nitrogens with zero attached hydrogens (tertiary/aromatic N) is 1. The summed E-state index contributed by atoms with van der Waals surface area (Å²) >= 11 is 0. The van der Waals surface area contributed by atoms with Gasteiger partial charge in [-0.2, -0.15) is 0 Å². The van der Waals surface area contributed by atoms with Crippen LogP contribution in [0.25, 0.3) is 0 Å². The van der Waals surface area contributed by atoms with Gasteiger partial charge in [0, 0.05) is 5.92 Å². The first-order chi connectivity index (χ1) is 12.0. The van der Waals surface area contributed by atoms with Gasteiger partial charge in [0.15, 0.2) is 0 Å². The molecule has 0 radical (unpaired) electrons. The standard InChI is InChI=1S/C20H23NO4/c1-14-11-16(15(2)21-24-4)9-10-19(14)25-13-18-8-6-5-7-17(18)12-20(22)23-3/h5-11,13,17H,12H2,1-4H3. The van der Waals surface area contributed by atoms with Crippen LogP contribution < -0.4 is 4.74 Å². The van der Waals surface area contributed by atoms with Crippen LogP contribution in [0.1, 0.15) is 24.5 Å². The van der Waals surface area contributed by atoms with Gasteiger partial charge in [-0.15, -0.1) is 0 Å². The Morgan fingerprint density at radius 3 is 2.76 bits per heavy atom. The number of carbonyl (C=O) groups excluding carboxylic acids is 1. The highest BCUT2D eigenvalue weighted by molar-refractivity contribution is 5.98. The SMILES string of the molecule is CON=C(C)c1ccc(OC=C2C=CC=CC2CC(=O)OC)c(C)c1. The zero-order chi connectivity index (χ0) is 18.2. The number of hydrogen-bond acceptors (Lipinski definition) is 5. The molecular formula is C20H23NO4. The second-order valence-corrected chi connectivity index (χ2v) is 5.71. The van der Waals surface area contributed by atoms with Gasteiger partial charge in [0.25, 0.3) is 0 Å². The fraction of sp³-hybridized carbons (Fsp3) is 0.300. The maximum Gasteiger partial charge on any atom is 0.306 e. The van der Waals surface area contributed by atoms with E-state index in [1.807, 2.05) is 56.4 Å². The number of oxime groups is 1. The molecule has 132 valence electrons. The smallest absolute Gasteiger partial charge is 0.306 e. The fourth-order valence-corrected chi connectivity index (χ4v) is 2.50. The Morgan fingerprint density at radius 1 is 1.28 bits per heavy atom. The third-order valence-electron chi connectivity index (χ3n) is 3.93. The van der Waals surface area contributed by atoms with Gasteiger partial charge >= 0.3 is 5.97 Å². The predicted octanol–water partition coefficient (Wildman–Crippen LogP) is 3.93. The van der Waals surface area contributed by atoms with Crippen LogP contribution >= 0.6 is 0 Å². The second-order valence-electron chi connectivity index (χ2n) is 5.71. The average Bonchev–Trinajstić information content (AvgIpc) is 2.61. The van der Waals surface area contributed by atoms with Crippen molar-refractivity contribution in [1.29, 1.82) is 0 Å². The van der Waals surface area contributed by atoms with Crippen molar-refractivity contribution in [2.24, 2.45) is 11.1 Å². The lowest BCUT2D eigenvalue weighted by atomic mass is 9.92. The normalized spacial score (nSPS) is 18.3. The van der Waals surface area contributed by atoms with Crippen molar-refractivity contribution in [2.45, 2.75) is 20.3 Å². The molecule has 0 heterocycles. The minimum absolute atomic E-state index is 0.0480. The maximum atomic E-state index is 11.5. The topological polar surface area (TPSA) is 57.1 Å². The molecule has 5 heteroatoms. The molecule has 1 aromatic rings. The van der Waals surface area contributed by atoms with Crippen molar-refractivity contribution in [3.63, 3.8) is 0 Å². The molecular weight excluding hydrogens is 318 g/mol. The van der Waals surface area contributed by atoms with E-state index < -0.39 is 0 Å². The van der Waals surface area contributed by atoms with E-state index in [-0.39, 0.29) is 18.3 Å². The number of aryl methyl sites for hydroxylation is 1. The summed E-state index contributed by atoms with van der Waals surface area (Å²) in [4.78, 5) is 16.3. The van der Waals surface area contributed by atoms with Crippen LogP contribution in [0.4, 0.5) is 0 Å². The number of hydrogen-bond donors (Lipinski definition) is 0. The van der Waals surface area contributed by atoms with E-state index in [0.29, 0.717) is 0 Å². The van der Waals surface area contributed by atoms with Gasteiger partial charge in [0.2, 0.25) is 0 Å². The fourth-order valence-electron chi connectivity index (χ4n) is 2.50. The number of esters is 1. The van der Waals surface area contributed by atoms with E-state index in [1.165, 1.54) is 14.2 Å². The number of carbonyl (C=O) groups is 1. The van der Waals surface area contributed by atoms with E-state index in [0.717, 1.165) is 28.2 Å². The molecule has 1 aliphatic carbocycles. The predicted molar refractivity (Wildman–Crippen MR) is 97.5 cm³/mol. The van der Waals surface area contributed by atoms with Gasteiger partial charge in [-0.25, -0.2) is 0 Å². The van der Waals surface area contributed by atoms with E-state index in [2.05, 4.69) is 5.16 Å². The summed E-state index contributed by atoms with van der Waals surface area (Å²) in [6, 6.07) is 5.82. The van der Waals surface area contributed by atoms with Crippen molar-refractivity contribution in [3.8, 4) is 5.75 Å². The van der Waals surface area contributed by atoms with Crippen LogP contribution in [0.3, 0.4) is 0 Å². The zero-order valence-corrected chi connectivity index (χ0v) is 15.0. The van der Waals surface area contributed by atoms with Gasteiger partial charge in [0.05, 0.1) is 25.5 Å². The average molecular weight is 341 g/mol. The van der Waals surface area contributed by atoms with Gasteiger partial charge in [-0.3, -0.25) is 4.79 Å². The molecule has 0 saturated carbocycles. The molecule has 0 fully saturated rings. The lowest BCUT2D eigenvalue weighted by Gasteiger charge is -2.16. The summed E-state index contributed by atoms with van der Waals surface area (Å²) in [5, 5.41) is 3.93. The van der Waals surface area contributed by atoms with Gasteiger partial charge in [-0.05, 0) is 48.7 Å². The van der Waals surface area contributed by atoms with Crippen molar-refractivity contribution in [3.05, 3.63) is 65.5 Å². The minimum Gasteiger partial charge on any atom is -0.469 e. The Kier molecular flexibility index (Phi) is 6.57. The largest absolute Gasteiger partial charge is 0.469 e. The first kappa shape index (κ1) is 18.5. The maximum absolute atomic E-state index is 11.5. The number of allylic oxidation sites excluding steroid dienone is 5. The second kappa shape index (κ2) is 8.87. The van der Waals surface area contributed by atoms with Crippen LogP contribution in [-0.2, 0) is 14.4 Å². The van der Waals surface area contributed by atoms with Gasteiger partial charge in [0.1, 0.15) is 12.9 Å². The van der Waals surface area contributed by atoms with E-state index in [4.69, 9.17) is 14.3 Å². The van der Waals surface area contributed by atoms with Gasteiger partial charge < -0.3 is 14.3 Å². The molecule has 1 aliphatic rings. The molecule has 0 bridgehead atoms. The molecule has 5 nitrogen and oxygen atoms in total. The molecule has 1 unspecified atom stereocenters. The number of methoxy groups -OCH3 is 1. The Bertz CT molecular complexity index is 744. The van der Waals surface area contributed by atoms with Crippen LogP contribution in [0.5, 0.6) is 5.75 Å². The molecule has 0 N–H and O–H groups in total. The molecule has 1 aromatic carbocycles. The van der Waals surface area contributed by atoms with E-state index >= 15 is 0 Å². The summed E-state index contributed by atoms with van der Waals surface area (Å²) in [5.74, 6) is 0.457. The van der Waals surface area contributed by atoms with Crippen LogP contribution in [-0.4, -0.2) is 25.9 Å². The molecule has 0 saturated heterocycles. The van der Waals surface area contributed by atoms with Gasteiger partial charge in [-0.1, -0.05) is 29.5 Å². The highest BCUT2D eigenvalue weighted by Crippen LogP contribution is 2.25. The molecule has 0 spiro atoms. The summed E-state index contributed by atoms with van der Waals surface area (Å²) in [7, 11) is 2.92. The highest BCUT2D eigenvalue weighted by Gasteiger charge is 2.17. The van der Waals surface area contributed by atoms with Crippen LogP contribution in [0.2, 0.25) is 0 Å².